The molecule has 0 radical (unpaired) electrons. The first kappa shape index (κ1) is 24.4. The number of carbonyl (C=O) groups is 2. The number of carbonyl (C=O) groups excluding carboxylic acids is 2. The number of benzene rings is 3. The number of amides is 1. The molecule has 0 spiro atoms. The Labute approximate surface area is 211 Å². The van der Waals surface area contributed by atoms with Crippen LogP contribution in [0.5, 0.6) is 5.75 Å². The van der Waals surface area contributed by atoms with Crippen LogP contribution in [0.2, 0.25) is 0 Å². The van der Waals surface area contributed by atoms with E-state index in [1.54, 1.807) is 36.4 Å². The zero-order valence-corrected chi connectivity index (χ0v) is 20.0. The molecule has 37 heavy (non-hydrogen) atoms. The molecule has 9 heteroatoms. The van der Waals surface area contributed by atoms with Crippen LogP contribution in [-0.2, 0) is 15.8 Å². The molecule has 1 unspecified atom stereocenters. The van der Waals surface area contributed by atoms with E-state index >= 15 is 0 Å². The number of ether oxygens (including phenoxy) is 1. The summed E-state index contributed by atoms with van der Waals surface area (Å²) in [5.41, 5.74) is 1.52. The van der Waals surface area contributed by atoms with Crippen LogP contribution in [0.3, 0.4) is 0 Å². The predicted molar refractivity (Wildman–Crippen MR) is 133 cm³/mol. The number of fused-ring (bicyclic) bond motifs is 1. The van der Waals surface area contributed by atoms with E-state index in [0.29, 0.717) is 30.0 Å². The summed E-state index contributed by atoms with van der Waals surface area (Å²) in [5, 5.41) is 11.4. The highest BCUT2D eigenvalue weighted by molar-refractivity contribution is 6.51. The maximum atomic E-state index is 13.3. The molecule has 5 rings (SSSR count). The van der Waals surface area contributed by atoms with E-state index in [-0.39, 0.29) is 17.0 Å². The normalized spacial score (nSPS) is 19.1. The van der Waals surface area contributed by atoms with Crippen molar-refractivity contribution in [1.29, 1.82) is 0 Å². The number of Topliss-reactive ketones (excluding diaryl/α,β-unsaturated/α-hetero) is 1. The van der Waals surface area contributed by atoms with Gasteiger partial charge in [0.15, 0.2) is 0 Å². The second kappa shape index (κ2) is 8.99. The maximum absolute atomic E-state index is 13.3. The molecule has 1 fully saturated rings. The van der Waals surface area contributed by atoms with E-state index in [2.05, 4.69) is 0 Å². The summed E-state index contributed by atoms with van der Waals surface area (Å²) in [4.78, 5) is 29.7. The van der Waals surface area contributed by atoms with E-state index < -0.39 is 29.5 Å². The largest absolute Gasteiger partial charge is 0.507 e. The summed E-state index contributed by atoms with van der Waals surface area (Å²) >= 11 is 0. The second-order valence-electron chi connectivity index (χ2n) is 9.08. The SMILES string of the molecule is Cc1cccc(C2/C(=C(/O)c3ccc4c(c3)N(C)CCO4)C(=O)C(=O)N2c2ccc(C(F)(F)F)cc2)c1. The minimum atomic E-state index is -4.55. The van der Waals surface area contributed by atoms with Crippen LogP contribution < -0.4 is 14.5 Å². The Morgan fingerprint density at radius 3 is 2.43 bits per heavy atom. The molecule has 190 valence electrons. The van der Waals surface area contributed by atoms with Crippen LogP contribution >= 0.6 is 0 Å². The molecule has 0 aliphatic carbocycles. The molecule has 1 atom stereocenters. The molecule has 1 amide bonds. The number of hydrogen-bond donors (Lipinski definition) is 1. The van der Waals surface area contributed by atoms with Gasteiger partial charge in [0.05, 0.1) is 29.4 Å². The summed E-state index contributed by atoms with van der Waals surface area (Å²) in [6.07, 6.45) is -4.55. The first-order valence-electron chi connectivity index (χ1n) is 11.6. The van der Waals surface area contributed by atoms with E-state index in [9.17, 15) is 27.9 Å². The number of nitrogens with zero attached hydrogens (tertiary/aromatic N) is 2. The number of ketones is 1. The number of anilines is 2. The standard InChI is InChI=1S/C28H23F3N2O4/c1-16-4-3-5-17(14-16)24-23(25(34)18-6-11-22-21(15-18)32(2)12-13-37-22)26(35)27(36)33(24)20-9-7-19(8-10-20)28(29,30)31/h3-11,14-15,24,34H,12-13H2,1-2H3/b25-23-. The Balaban J connectivity index is 1.67. The number of aliphatic hydroxyl groups excluding tert-OH is 1. The Kier molecular flexibility index (Phi) is 5.94. The fraction of sp³-hybridized carbons (Fsp3) is 0.214. The molecule has 0 bridgehead atoms. The van der Waals surface area contributed by atoms with E-state index in [4.69, 9.17) is 4.74 Å². The van der Waals surface area contributed by atoms with Gasteiger partial charge >= 0.3 is 6.18 Å². The van der Waals surface area contributed by atoms with Gasteiger partial charge in [-0.3, -0.25) is 14.5 Å². The zero-order chi connectivity index (χ0) is 26.5. The van der Waals surface area contributed by atoms with Gasteiger partial charge in [0.1, 0.15) is 18.1 Å². The Morgan fingerprint density at radius 1 is 1.03 bits per heavy atom. The third-order valence-corrected chi connectivity index (χ3v) is 6.60. The van der Waals surface area contributed by atoms with Gasteiger partial charge in [0.25, 0.3) is 11.7 Å². The number of alkyl halides is 3. The molecule has 3 aromatic carbocycles. The predicted octanol–water partition coefficient (Wildman–Crippen LogP) is 5.47. The minimum absolute atomic E-state index is 0.110. The maximum Gasteiger partial charge on any atom is 0.416 e. The van der Waals surface area contributed by atoms with Gasteiger partial charge in [-0.25, -0.2) is 0 Å². The number of aliphatic hydroxyl groups is 1. The van der Waals surface area contributed by atoms with Crippen LogP contribution in [0.15, 0.2) is 72.3 Å². The lowest BCUT2D eigenvalue weighted by atomic mass is 9.94. The third-order valence-electron chi connectivity index (χ3n) is 6.60. The molecule has 3 aromatic rings. The Hall–Kier alpha value is -4.27. The average Bonchev–Trinajstić information content (AvgIpc) is 3.13. The first-order valence-corrected chi connectivity index (χ1v) is 11.6. The van der Waals surface area contributed by atoms with Crippen molar-refractivity contribution < 1.29 is 32.6 Å². The quantitative estimate of drug-likeness (QED) is 0.289. The second-order valence-corrected chi connectivity index (χ2v) is 9.08. The van der Waals surface area contributed by atoms with Crippen molar-refractivity contribution in [2.45, 2.75) is 19.1 Å². The zero-order valence-electron chi connectivity index (χ0n) is 20.0. The smallest absolute Gasteiger partial charge is 0.416 e. The summed E-state index contributed by atoms with van der Waals surface area (Å²) in [7, 11) is 1.88. The Bertz CT molecular complexity index is 1430. The molecule has 0 saturated carbocycles. The van der Waals surface area contributed by atoms with Crippen LogP contribution in [0.4, 0.5) is 24.5 Å². The van der Waals surface area contributed by atoms with Crippen molar-refractivity contribution in [2.75, 3.05) is 30.0 Å². The van der Waals surface area contributed by atoms with E-state index in [1.807, 2.05) is 24.9 Å². The fourth-order valence-electron chi connectivity index (χ4n) is 4.72. The van der Waals surface area contributed by atoms with Crippen LogP contribution in [-0.4, -0.2) is 37.0 Å². The Morgan fingerprint density at radius 2 is 1.76 bits per heavy atom. The topological polar surface area (TPSA) is 70.1 Å². The summed E-state index contributed by atoms with van der Waals surface area (Å²) in [5.74, 6) is -1.61. The summed E-state index contributed by atoms with van der Waals surface area (Å²) < 4.78 is 45.1. The molecule has 1 saturated heterocycles. The van der Waals surface area contributed by atoms with Crippen molar-refractivity contribution in [3.63, 3.8) is 0 Å². The summed E-state index contributed by atoms with van der Waals surface area (Å²) in [6.45, 7) is 2.99. The van der Waals surface area contributed by atoms with Gasteiger partial charge in [0, 0.05) is 18.3 Å². The van der Waals surface area contributed by atoms with Crippen molar-refractivity contribution in [2.24, 2.45) is 0 Å². The third kappa shape index (κ3) is 4.30. The molecule has 6 nitrogen and oxygen atoms in total. The average molecular weight is 508 g/mol. The molecule has 2 heterocycles. The van der Waals surface area contributed by atoms with Gasteiger partial charge in [-0.05, 0) is 55.0 Å². The lowest BCUT2D eigenvalue weighted by molar-refractivity contribution is -0.137. The van der Waals surface area contributed by atoms with Gasteiger partial charge in [-0.2, -0.15) is 13.2 Å². The lowest BCUT2D eigenvalue weighted by Gasteiger charge is -2.28. The highest BCUT2D eigenvalue weighted by Crippen LogP contribution is 2.44. The number of hydrogen-bond acceptors (Lipinski definition) is 5. The number of halogens is 3. The van der Waals surface area contributed by atoms with E-state index in [1.165, 1.54) is 0 Å². The molecule has 1 N–H and O–H groups in total. The molecular weight excluding hydrogens is 485 g/mol. The van der Waals surface area contributed by atoms with Crippen molar-refractivity contribution in [3.8, 4) is 5.75 Å². The van der Waals surface area contributed by atoms with Crippen LogP contribution in [0, 0.1) is 6.92 Å². The van der Waals surface area contributed by atoms with Crippen LogP contribution in [0.1, 0.15) is 28.3 Å². The first-order chi connectivity index (χ1) is 17.6. The number of likely N-dealkylation sites (N-methyl/N-ethyl adjacent to an activating group) is 1. The highest BCUT2D eigenvalue weighted by atomic mass is 19.4. The molecular formula is C28H23F3N2O4. The van der Waals surface area contributed by atoms with Gasteiger partial charge in [-0.15, -0.1) is 0 Å². The number of aryl methyl sites for hydroxylation is 1. The highest BCUT2D eigenvalue weighted by Gasteiger charge is 2.47. The monoisotopic (exact) mass is 508 g/mol. The van der Waals surface area contributed by atoms with Crippen molar-refractivity contribution in [3.05, 3.63) is 94.6 Å². The molecule has 2 aliphatic rings. The van der Waals surface area contributed by atoms with Crippen LogP contribution in [0.25, 0.3) is 5.76 Å². The van der Waals surface area contributed by atoms with Crippen molar-refractivity contribution >= 4 is 28.8 Å². The number of rotatable bonds is 3. The lowest BCUT2D eigenvalue weighted by Crippen LogP contribution is -2.29. The minimum Gasteiger partial charge on any atom is -0.507 e. The van der Waals surface area contributed by atoms with Crippen molar-refractivity contribution in [1.82, 2.24) is 0 Å². The molecule has 2 aliphatic heterocycles. The van der Waals surface area contributed by atoms with Gasteiger partial charge in [-0.1, -0.05) is 29.8 Å². The van der Waals surface area contributed by atoms with Gasteiger partial charge < -0.3 is 14.7 Å². The van der Waals surface area contributed by atoms with Gasteiger partial charge in [0.2, 0.25) is 0 Å². The fourth-order valence-corrected chi connectivity index (χ4v) is 4.72. The summed E-state index contributed by atoms with van der Waals surface area (Å²) in [6, 6.07) is 15.0. The van der Waals surface area contributed by atoms with E-state index in [0.717, 1.165) is 40.4 Å². The molecule has 0 aromatic heterocycles.